The first kappa shape index (κ1) is 12.3. The highest BCUT2D eigenvalue weighted by Gasteiger charge is 2.17. The number of aromatic nitrogens is 2. The Bertz CT molecular complexity index is 510. The van der Waals surface area contributed by atoms with Crippen molar-refractivity contribution in [2.24, 2.45) is 0 Å². The molecule has 1 aliphatic heterocycles. The Morgan fingerprint density at radius 2 is 1.94 bits per heavy atom. The first-order valence-corrected chi connectivity index (χ1v) is 7.24. The lowest BCUT2D eigenvalue weighted by atomic mass is 10.3. The highest BCUT2D eigenvalue weighted by Crippen LogP contribution is 2.16. The van der Waals surface area contributed by atoms with E-state index in [2.05, 4.69) is 9.97 Å². The number of rotatable bonds is 2. The zero-order valence-electron chi connectivity index (χ0n) is 9.88. The van der Waals surface area contributed by atoms with Crippen LogP contribution in [0, 0.1) is 6.92 Å². The van der Waals surface area contributed by atoms with Gasteiger partial charge >= 0.3 is 0 Å². The smallest absolute Gasteiger partial charge is 0.248 e. The summed E-state index contributed by atoms with van der Waals surface area (Å²) in [7, 11) is -3.37. The maximum Gasteiger partial charge on any atom is 0.248 e. The van der Waals surface area contributed by atoms with Crippen LogP contribution in [0.3, 0.4) is 0 Å². The molecule has 6 nitrogen and oxygen atoms in total. The van der Waals surface area contributed by atoms with Crippen LogP contribution in [0.15, 0.2) is 11.2 Å². The average molecular weight is 257 g/mol. The van der Waals surface area contributed by atoms with Crippen molar-refractivity contribution in [3.63, 3.8) is 0 Å². The highest BCUT2D eigenvalue weighted by atomic mass is 32.2. The van der Waals surface area contributed by atoms with E-state index in [4.69, 9.17) is 4.74 Å². The predicted molar refractivity (Wildman–Crippen MR) is 62.9 cm³/mol. The van der Waals surface area contributed by atoms with Crippen LogP contribution in [-0.2, 0) is 14.6 Å². The number of anilines is 1. The molecule has 1 fully saturated rings. The SMILES string of the molecule is Cc1cc(N2CCOCC2)nc(S(C)(=O)=O)n1. The molecule has 94 valence electrons. The molecule has 2 heterocycles. The molecule has 1 saturated heterocycles. The fraction of sp³-hybridized carbons (Fsp3) is 0.600. The number of ether oxygens (including phenoxy) is 1. The van der Waals surface area contributed by atoms with E-state index in [1.807, 2.05) is 4.90 Å². The average Bonchev–Trinajstić information content (AvgIpc) is 2.28. The van der Waals surface area contributed by atoms with Gasteiger partial charge in [0.2, 0.25) is 15.0 Å². The van der Waals surface area contributed by atoms with E-state index in [-0.39, 0.29) is 5.16 Å². The van der Waals surface area contributed by atoms with E-state index < -0.39 is 9.84 Å². The van der Waals surface area contributed by atoms with Gasteiger partial charge in [-0.1, -0.05) is 0 Å². The van der Waals surface area contributed by atoms with Gasteiger partial charge in [0.15, 0.2) is 0 Å². The Labute approximate surface area is 101 Å². The standard InChI is InChI=1S/C10H15N3O3S/c1-8-7-9(13-3-5-16-6-4-13)12-10(11-8)17(2,14)15/h7H,3-6H2,1-2H3. The van der Waals surface area contributed by atoms with E-state index in [9.17, 15) is 8.42 Å². The molecule has 0 radical (unpaired) electrons. The molecule has 0 bridgehead atoms. The lowest BCUT2D eigenvalue weighted by molar-refractivity contribution is 0.122. The van der Waals surface area contributed by atoms with Gasteiger partial charge in [-0.05, 0) is 6.92 Å². The van der Waals surface area contributed by atoms with E-state index in [0.29, 0.717) is 24.7 Å². The normalized spacial score (nSPS) is 17.2. The molecule has 1 aromatic heterocycles. The molecule has 0 spiro atoms. The van der Waals surface area contributed by atoms with E-state index in [1.54, 1.807) is 13.0 Å². The number of sulfone groups is 1. The minimum Gasteiger partial charge on any atom is -0.378 e. The first-order valence-electron chi connectivity index (χ1n) is 5.35. The molecule has 17 heavy (non-hydrogen) atoms. The maximum absolute atomic E-state index is 11.5. The van der Waals surface area contributed by atoms with Crippen LogP contribution in [0.2, 0.25) is 0 Å². The molecular weight excluding hydrogens is 242 g/mol. The summed E-state index contributed by atoms with van der Waals surface area (Å²) in [5.41, 5.74) is 0.655. The summed E-state index contributed by atoms with van der Waals surface area (Å²) in [6.45, 7) is 4.48. The zero-order chi connectivity index (χ0) is 12.5. The summed E-state index contributed by atoms with van der Waals surface area (Å²) in [6.07, 6.45) is 1.12. The van der Waals surface area contributed by atoms with Gasteiger partial charge in [0.25, 0.3) is 0 Å². The monoisotopic (exact) mass is 257 g/mol. The number of morpholine rings is 1. The molecule has 0 saturated carbocycles. The number of hydrogen-bond acceptors (Lipinski definition) is 6. The highest BCUT2D eigenvalue weighted by molar-refractivity contribution is 7.90. The second-order valence-electron chi connectivity index (χ2n) is 4.02. The summed E-state index contributed by atoms with van der Waals surface area (Å²) >= 11 is 0. The summed E-state index contributed by atoms with van der Waals surface area (Å²) < 4.78 is 28.1. The molecule has 0 aliphatic carbocycles. The van der Waals surface area contributed by atoms with Crippen molar-refractivity contribution in [2.45, 2.75) is 12.1 Å². The van der Waals surface area contributed by atoms with Crippen molar-refractivity contribution in [3.05, 3.63) is 11.8 Å². The van der Waals surface area contributed by atoms with E-state index in [0.717, 1.165) is 19.3 Å². The molecule has 1 aliphatic rings. The quantitative estimate of drug-likeness (QED) is 0.696. The van der Waals surface area contributed by atoms with Gasteiger partial charge in [0.1, 0.15) is 5.82 Å². The number of aryl methyl sites for hydroxylation is 1. The van der Waals surface area contributed by atoms with E-state index in [1.165, 1.54) is 0 Å². The molecule has 2 rings (SSSR count). The predicted octanol–water partition coefficient (Wildman–Crippen LogP) is 0.0251. The van der Waals surface area contributed by atoms with Crippen molar-refractivity contribution in [1.82, 2.24) is 9.97 Å². The minimum atomic E-state index is -3.37. The molecule has 0 aromatic carbocycles. The van der Waals surface area contributed by atoms with Gasteiger partial charge in [-0.3, -0.25) is 0 Å². The summed E-state index contributed by atoms with van der Waals surface area (Å²) in [5, 5.41) is -0.112. The second kappa shape index (κ2) is 4.58. The van der Waals surface area contributed by atoms with E-state index >= 15 is 0 Å². The van der Waals surface area contributed by atoms with Crippen molar-refractivity contribution in [1.29, 1.82) is 0 Å². The molecule has 1 aromatic rings. The van der Waals surface area contributed by atoms with Crippen LogP contribution >= 0.6 is 0 Å². The van der Waals surface area contributed by atoms with Gasteiger partial charge in [-0.25, -0.2) is 18.4 Å². The Morgan fingerprint density at radius 3 is 2.53 bits per heavy atom. The summed E-state index contributed by atoms with van der Waals surface area (Å²) in [6, 6.07) is 1.79. The van der Waals surface area contributed by atoms with Gasteiger partial charge in [-0.15, -0.1) is 0 Å². The molecule has 0 N–H and O–H groups in total. The maximum atomic E-state index is 11.5. The molecule has 0 amide bonds. The largest absolute Gasteiger partial charge is 0.378 e. The molecule has 7 heteroatoms. The van der Waals surface area contributed by atoms with Gasteiger partial charge < -0.3 is 9.64 Å². The second-order valence-corrected chi connectivity index (χ2v) is 5.93. The molecule has 0 unspecified atom stereocenters. The fourth-order valence-electron chi connectivity index (χ4n) is 1.65. The van der Waals surface area contributed by atoms with Crippen LogP contribution in [0.5, 0.6) is 0 Å². The lowest BCUT2D eigenvalue weighted by Gasteiger charge is -2.28. The third-order valence-corrected chi connectivity index (χ3v) is 3.33. The minimum absolute atomic E-state index is 0.112. The Kier molecular flexibility index (Phi) is 3.30. The van der Waals surface area contributed by atoms with Crippen LogP contribution in [0.1, 0.15) is 5.69 Å². The summed E-state index contributed by atoms with van der Waals surface area (Å²) in [5.74, 6) is 0.654. The van der Waals surface area contributed by atoms with Crippen molar-refractivity contribution in [2.75, 3.05) is 37.5 Å². The van der Waals surface area contributed by atoms with Crippen molar-refractivity contribution in [3.8, 4) is 0 Å². The molecular formula is C10H15N3O3S. The first-order chi connectivity index (χ1) is 7.97. The Morgan fingerprint density at radius 1 is 1.29 bits per heavy atom. The van der Waals surface area contributed by atoms with Gasteiger partial charge in [-0.2, -0.15) is 0 Å². The third kappa shape index (κ3) is 2.92. The third-order valence-electron chi connectivity index (χ3n) is 2.49. The Balaban J connectivity index is 2.37. The van der Waals surface area contributed by atoms with Crippen LogP contribution in [0.4, 0.5) is 5.82 Å². The number of hydrogen-bond donors (Lipinski definition) is 0. The lowest BCUT2D eigenvalue weighted by Crippen LogP contribution is -2.37. The van der Waals surface area contributed by atoms with Crippen molar-refractivity contribution >= 4 is 15.7 Å². The topological polar surface area (TPSA) is 72.4 Å². The Hall–Kier alpha value is -1.21. The zero-order valence-corrected chi connectivity index (χ0v) is 10.7. The van der Waals surface area contributed by atoms with Gasteiger partial charge in [0.05, 0.1) is 13.2 Å². The van der Waals surface area contributed by atoms with Crippen molar-refractivity contribution < 1.29 is 13.2 Å². The number of nitrogens with zero attached hydrogens (tertiary/aromatic N) is 3. The van der Waals surface area contributed by atoms with Crippen LogP contribution < -0.4 is 4.90 Å². The van der Waals surface area contributed by atoms with Gasteiger partial charge in [0, 0.05) is 31.1 Å². The van der Waals surface area contributed by atoms with Crippen LogP contribution in [-0.4, -0.2) is 50.9 Å². The van der Waals surface area contributed by atoms with Crippen LogP contribution in [0.25, 0.3) is 0 Å². The molecule has 0 atom stereocenters. The summed E-state index contributed by atoms with van der Waals surface area (Å²) in [4.78, 5) is 10.0. The fourth-order valence-corrected chi connectivity index (χ4v) is 2.21.